The number of nitrogens with one attached hydrogen (secondary N) is 1. The molecule has 0 saturated carbocycles. The van der Waals surface area contributed by atoms with Crippen molar-refractivity contribution in [3.05, 3.63) is 82.9 Å². The molecule has 178 valence electrons. The van der Waals surface area contributed by atoms with Gasteiger partial charge in [0.05, 0.1) is 24.4 Å². The highest BCUT2D eigenvalue weighted by Gasteiger charge is 2.26. The molecule has 2 amide bonds. The van der Waals surface area contributed by atoms with Gasteiger partial charge in [-0.25, -0.2) is 0 Å². The van der Waals surface area contributed by atoms with Crippen LogP contribution in [0.4, 0.5) is 0 Å². The standard InChI is InChI=1S/C27H32N4O3/c1-4-34-24-10-8-21(9-11-24)27(33)30-15-12-22(13-16-30)29-26(32)25-17-19(2)31(20(25)3)18-23-7-5-6-14-28-23/h5-11,14,17,22H,4,12-13,15-16,18H2,1-3H3,(H,29,32). The second kappa shape index (κ2) is 10.5. The molecular formula is C27H32N4O3. The van der Waals surface area contributed by atoms with E-state index in [0.717, 1.165) is 35.7 Å². The Bertz CT molecular complexity index is 1130. The highest BCUT2D eigenvalue weighted by molar-refractivity contribution is 5.96. The van der Waals surface area contributed by atoms with Crippen LogP contribution in [-0.4, -0.2) is 52.0 Å². The summed E-state index contributed by atoms with van der Waals surface area (Å²) in [6.45, 7) is 8.40. The second-order valence-electron chi connectivity index (χ2n) is 8.69. The maximum Gasteiger partial charge on any atom is 0.253 e. The van der Waals surface area contributed by atoms with Gasteiger partial charge >= 0.3 is 0 Å². The van der Waals surface area contributed by atoms with Crippen molar-refractivity contribution in [2.45, 2.75) is 46.2 Å². The van der Waals surface area contributed by atoms with Crippen LogP contribution in [0.2, 0.25) is 0 Å². The molecule has 7 heteroatoms. The number of hydrogen-bond donors (Lipinski definition) is 1. The predicted molar refractivity (Wildman–Crippen MR) is 131 cm³/mol. The summed E-state index contributed by atoms with van der Waals surface area (Å²) in [5.41, 5.74) is 4.28. The van der Waals surface area contributed by atoms with Crippen molar-refractivity contribution in [3.8, 4) is 5.75 Å². The number of rotatable bonds is 7. The maximum atomic E-state index is 13.0. The molecule has 0 bridgehead atoms. The zero-order chi connectivity index (χ0) is 24.1. The van der Waals surface area contributed by atoms with Gasteiger partial charge < -0.3 is 19.5 Å². The van der Waals surface area contributed by atoms with Crippen LogP contribution in [0.5, 0.6) is 5.75 Å². The molecule has 34 heavy (non-hydrogen) atoms. The zero-order valence-electron chi connectivity index (χ0n) is 20.1. The summed E-state index contributed by atoms with van der Waals surface area (Å²) >= 11 is 0. The highest BCUT2D eigenvalue weighted by Crippen LogP contribution is 2.20. The Balaban J connectivity index is 1.33. The molecule has 1 saturated heterocycles. The molecule has 0 aliphatic carbocycles. The van der Waals surface area contributed by atoms with Crippen LogP contribution in [-0.2, 0) is 6.54 Å². The molecule has 2 aromatic heterocycles. The number of nitrogens with zero attached hydrogens (tertiary/aromatic N) is 3. The number of hydrogen-bond acceptors (Lipinski definition) is 4. The van der Waals surface area contributed by atoms with Gasteiger partial charge in [0.2, 0.25) is 0 Å². The highest BCUT2D eigenvalue weighted by atomic mass is 16.5. The molecule has 1 fully saturated rings. The van der Waals surface area contributed by atoms with Gasteiger partial charge in [-0.3, -0.25) is 14.6 Å². The van der Waals surface area contributed by atoms with Crippen LogP contribution in [0, 0.1) is 13.8 Å². The normalized spacial score (nSPS) is 14.1. The van der Waals surface area contributed by atoms with E-state index in [2.05, 4.69) is 14.9 Å². The summed E-state index contributed by atoms with van der Waals surface area (Å²) in [5, 5.41) is 3.18. The Labute approximate surface area is 200 Å². The molecule has 7 nitrogen and oxygen atoms in total. The Morgan fingerprint density at radius 3 is 2.47 bits per heavy atom. The van der Waals surface area contributed by atoms with Crippen LogP contribution >= 0.6 is 0 Å². The van der Waals surface area contributed by atoms with E-state index in [1.54, 1.807) is 6.20 Å². The molecule has 3 aromatic rings. The third-order valence-corrected chi connectivity index (χ3v) is 6.39. The first-order chi connectivity index (χ1) is 16.5. The van der Waals surface area contributed by atoms with Gasteiger partial charge in [-0.05, 0) is 76.1 Å². The van der Waals surface area contributed by atoms with Crippen LogP contribution in [0.3, 0.4) is 0 Å². The molecular weight excluding hydrogens is 428 g/mol. The Hall–Kier alpha value is -3.61. The summed E-state index contributed by atoms with van der Waals surface area (Å²) in [5.74, 6) is 0.724. The maximum absolute atomic E-state index is 13.0. The summed E-state index contributed by atoms with van der Waals surface area (Å²) in [4.78, 5) is 32.1. The SMILES string of the molecule is CCOc1ccc(C(=O)N2CCC(NC(=O)c3cc(C)n(Cc4ccccn4)c3C)CC2)cc1. The smallest absolute Gasteiger partial charge is 0.253 e. The fraction of sp³-hybridized carbons (Fsp3) is 0.370. The molecule has 1 aliphatic heterocycles. The first-order valence-electron chi connectivity index (χ1n) is 11.9. The number of piperidine rings is 1. The predicted octanol–water partition coefficient (Wildman–Crippen LogP) is 3.98. The van der Waals surface area contributed by atoms with E-state index in [1.165, 1.54) is 0 Å². The van der Waals surface area contributed by atoms with Crippen molar-refractivity contribution in [2.75, 3.05) is 19.7 Å². The summed E-state index contributed by atoms with van der Waals surface area (Å²) in [7, 11) is 0. The van der Waals surface area contributed by atoms with E-state index >= 15 is 0 Å². The molecule has 1 aromatic carbocycles. The summed E-state index contributed by atoms with van der Waals surface area (Å²) in [6.07, 6.45) is 3.26. The molecule has 0 unspecified atom stereocenters. The third-order valence-electron chi connectivity index (χ3n) is 6.39. The van der Waals surface area contributed by atoms with Crippen molar-refractivity contribution >= 4 is 11.8 Å². The number of aromatic nitrogens is 2. The average molecular weight is 461 g/mol. The number of amides is 2. The third kappa shape index (κ3) is 5.30. The van der Waals surface area contributed by atoms with Crippen LogP contribution in [0.1, 0.15) is 57.6 Å². The summed E-state index contributed by atoms with van der Waals surface area (Å²) in [6, 6.07) is 15.1. The van der Waals surface area contributed by atoms with E-state index in [1.807, 2.05) is 74.2 Å². The van der Waals surface area contributed by atoms with Crippen molar-refractivity contribution in [2.24, 2.45) is 0 Å². The van der Waals surface area contributed by atoms with Gasteiger partial charge in [0.15, 0.2) is 0 Å². The molecule has 1 N–H and O–H groups in total. The van der Waals surface area contributed by atoms with E-state index < -0.39 is 0 Å². The lowest BCUT2D eigenvalue weighted by molar-refractivity contribution is 0.0698. The van der Waals surface area contributed by atoms with Crippen molar-refractivity contribution in [1.29, 1.82) is 0 Å². The minimum atomic E-state index is -0.0586. The quantitative estimate of drug-likeness (QED) is 0.579. The topological polar surface area (TPSA) is 76.5 Å². The Kier molecular flexibility index (Phi) is 7.30. The molecule has 0 radical (unpaired) electrons. The van der Waals surface area contributed by atoms with Crippen LogP contribution in [0.15, 0.2) is 54.7 Å². The number of pyridine rings is 1. The summed E-state index contributed by atoms with van der Waals surface area (Å²) < 4.78 is 7.57. The molecule has 0 atom stereocenters. The number of carbonyl (C=O) groups is 2. The van der Waals surface area contributed by atoms with E-state index in [-0.39, 0.29) is 17.9 Å². The zero-order valence-corrected chi connectivity index (χ0v) is 20.1. The van der Waals surface area contributed by atoms with E-state index in [4.69, 9.17) is 4.74 Å². The van der Waals surface area contributed by atoms with Gasteiger partial charge in [-0.1, -0.05) is 6.07 Å². The fourth-order valence-corrected chi connectivity index (χ4v) is 4.46. The van der Waals surface area contributed by atoms with Crippen molar-refractivity contribution < 1.29 is 14.3 Å². The monoisotopic (exact) mass is 460 g/mol. The second-order valence-corrected chi connectivity index (χ2v) is 8.69. The molecule has 4 rings (SSSR count). The molecule has 0 spiro atoms. The minimum Gasteiger partial charge on any atom is -0.494 e. The number of aryl methyl sites for hydroxylation is 1. The van der Waals surface area contributed by atoms with Crippen molar-refractivity contribution in [3.63, 3.8) is 0 Å². The van der Waals surface area contributed by atoms with Gasteiger partial charge in [0, 0.05) is 42.3 Å². The largest absolute Gasteiger partial charge is 0.494 e. The number of likely N-dealkylation sites (tertiary alicyclic amines) is 1. The lowest BCUT2D eigenvalue weighted by Gasteiger charge is -2.32. The molecule has 3 heterocycles. The number of benzene rings is 1. The number of carbonyl (C=O) groups excluding carboxylic acids is 2. The van der Waals surface area contributed by atoms with E-state index in [9.17, 15) is 9.59 Å². The lowest BCUT2D eigenvalue weighted by atomic mass is 10.0. The van der Waals surface area contributed by atoms with Gasteiger partial charge in [0.25, 0.3) is 11.8 Å². The van der Waals surface area contributed by atoms with Gasteiger partial charge in [0.1, 0.15) is 5.75 Å². The Morgan fingerprint density at radius 1 is 1.09 bits per heavy atom. The van der Waals surface area contributed by atoms with Crippen LogP contribution in [0.25, 0.3) is 0 Å². The Morgan fingerprint density at radius 2 is 1.82 bits per heavy atom. The van der Waals surface area contributed by atoms with Gasteiger partial charge in [-0.15, -0.1) is 0 Å². The first-order valence-corrected chi connectivity index (χ1v) is 11.9. The van der Waals surface area contributed by atoms with Crippen molar-refractivity contribution in [1.82, 2.24) is 19.8 Å². The first kappa shape index (κ1) is 23.5. The van der Waals surface area contributed by atoms with Gasteiger partial charge in [-0.2, -0.15) is 0 Å². The van der Waals surface area contributed by atoms with Crippen LogP contribution < -0.4 is 10.1 Å². The average Bonchev–Trinajstić information content (AvgIpc) is 3.14. The lowest BCUT2D eigenvalue weighted by Crippen LogP contribution is -2.46. The van der Waals surface area contributed by atoms with E-state index in [0.29, 0.717) is 37.4 Å². The molecule has 1 aliphatic rings. The number of ether oxygens (including phenoxy) is 1. The minimum absolute atomic E-state index is 0.0193. The fourth-order valence-electron chi connectivity index (χ4n) is 4.46.